The van der Waals surface area contributed by atoms with Gasteiger partial charge in [-0.1, -0.05) is 0 Å². The molecule has 0 saturated heterocycles. The molecule has 0 aromatic heterocycles. The van der Waals surface area contributed by atoms with Crippen molar-refractivity contribution < 1.29 is 14.7 Å². The van der Waals surface area contributed by atoms with Crippen molar-refractivity contribution in [1.29, 1.82) is 0 Å². The highest BCUT2D eigenvalue weighted by Crippen LogP contribution is 2.30. The first-order chi connectivity index (χ1) is 8.55. The number of carbonyl (C=O) groups is 2. The number of nitrogens with two attached hydrogens (primary N) is 1. The number of hydrogen-bond donors (Lipinski definition) is 3. The van der Waals surface area contributed by atoms with Crippen molar-refractivity contribution in [1.82, 2.24) is 5.32 Å². The summed E-state index contributed by atoms with van der Waals surface area (Å²) in [6.45, 7) is 7.36. The summed E-state index contributed by atoms with van der Waals surface area (Å²) in [6, 6.07) is 0.0738. The third kappa shape index (κ3) is 3.69. The third-order valence-corrected chi connectivity index (χ3v) is 4.59. The molecule has 0 unspecified atom stereocenters. The number of amides is 1. The summed E-state index contributed by atoms with van der Waals surface area (Å²) in [6.07, 6.45) is 2.72. The molecule has 1 amide bonds. The molecule has 0 radical (unpaired) electrons. The molecule has 0 bridgehead atoms. The Balaban J connectivity index is 2.54. The Morgan fingerprint density at radius 2 is 1.58 bits per heavy atom. The standard InChI is InChI=1S/C14H26N2O3/c1-13(2,14(3,4)15)12(19)16-10-7-5-9(6-8-10)11(17)18/h9-10H,5-8,15H2,1-4H3,(H,16,19)(H,17,18). The zero-order valence-corrected chi connectivity index (χ0v) is 12.3. The van der Waals surface area contributed by atoms with Crippen molar-refractivity contribution in [3.63, 3.8) is 0 Å². The van der Waals surface area contributed by atoms with Gasteiger partial charge in [0.25, 0.3) is 0 Å². The van der Waals surface area contributed by atoms with Crippen LogP contribution in [0.15, 0.2) is 0 Å². The number of nitrogens with one attached hydrogen (secondary N) is 1. The van der Waals surface area contributed by atoms with E-state index in [-0.39, 0.29) is 17.9 Å². The fraction of sp³-hybridized carbons (Fsp3) is 0.857. The Bertz CT molecular complexity index is 350. The lowest BCUT2D eigenvalue weighted by Gasteiger charge is -2.38. The van der Waals surface area contributed by atoms with Gasteiger partial charge in [-0.25, -0.2) is 0 Å². The zero-order valence-electron chi connectivity index (χ0n) is 12.3. The van der Waals surface area contributed by atoms with Gasteiger partial charge in [0.15, 0.2) is 0 Å². The van der Waals surface area contributed by atoms with Crippen LogP contribution in [0.3, 0.4) is 0 Å². The van der Waals surface area contributed by atoms with E-state index in [1.54, 1.807) is 0 Å². The largest absolute Gasteiger partial charge is 0.481 e. The fourth-order valence-corrected chi connectivity index (χ4v) is 2.14. The summed E-state index contributed by atoms with van der Waals surface area (Å²) in [7, 11) is 0. The van der Waals surface area contributed by atoms with Gasteiger partial charge in [-0.05, 0) is 53.4 Å². The first-order valence-corrected chi connectivity index (χ1v) is 6.88. The van der Waals surface area contributed by atoms with Crippen LogP contribution in [-0.4, -0.2) is 28.6 Å². The maximum atomic E-state index is 12.3. The van der Waals surface area contributed by atoms with Crippen molar-refractivity contribution in [2.75, 3.05) is 0 Å². The molecule has 19 heavy (non-hydrogen) atoms. The van der Waals surface area contributed by atoms with E-state index in [1.807, 2.05) is 27.7 Å². The maximum Gasteiger partial charge on any atom is 0.306 e. The van der Waals surface area contributed by atoms with Crippen LogP contribution >= 0.6 is 0 Å². The lowest BCUT2D eigenvalue weighted by molar-refractivity contribution is -0.142. The second-order valence-electron chi connectivity index (χ2n) is 6.71. The van der Waals surface area contributed by atoms with Crippen LogP contribution < -0.4 is 11.1 Å². The van der Waals surface area contributed by atoms with Crippen LogP contribution in [0.1, 0.15) is 53.4 Å². The van der Waals surface area contributed by atoms with Gasteiger partial charge in [-0.2, -0.15) is 0 Å². The van der Waals surface area contributed by atoms with Gasteiger partial charge >= 0.3 is 5.97 Å². The maximum absolute atomic E-state index is 12.3. The first-order valence-electron chi connectivity index (χ1n) is 6.88. The predicted molar refractivity (Wildman–Crippen MR) is 73.6 cm³/mol. The minimum Gasteiger partial charge on any atom is -0.481 e. The molecule has 1 aliphatic carbocycles. The second-order valence-corrected chi connectivity index (χ2v) is 6.71. The van der Waals surface area contributed by atoms with Crippen LogP contribution in [0.4, 0.5) is 0 Å². The van der Waals surface area contributed by atoms with E-state index in [1.165, 1.54) is 0 Å². The van der Waals surface area contributed by atoms with E-state index < -0.39 is 16.9 Å². The van der Waals surface area contributed by atoms with Crippen molar-refractivity contribution in [3.8, 4) is 0 Å². The van der Waals surface area contributed by atoms with Crippen molar-refractivity contribution in [2.24, 2.45) is 17.1 Å². The smallest absolute Gasteiger partial charge is 0.306 e. The molecule has 0 aromatic rings. The van der Waals surface area contributed by atoms with Gasteiger partial charge in [0.2, 0.25) is 5.91 Å². The number of hydrogen-bond acceptors (Lipinski definition) is 3. The van der Waals surface area contributed by atoms with Crippen LogP contribution in [0.25, 0.3) is 0 Å². The molecule has 0 atom stereocenters. The monoisotopic (exact) mass is 270 g/mol. The number of carboxylic acids is 1. The molecule has 0 spiro atoms. The molecule has 0 aliphatic heterocycles. The number of rotatable bonds is 4. The van der Waals surface area contributed by atoms with Crippen molar-refractivity contribution >= 4 is 11.9 Å². The van der Waals surface area contributed by atoms with Crippen LogP contribution in [0.2, 0.25) is 0 Å². The summed E-state index contributed by atoms with van der Waals surface area (Å²) >= 11 is 0. The minimum absolute atomic E-state index is 0.0567. The SMILES string of the molecule is CC(C)(N)C(C)(C)C(=O)NC1CCC(C(=O)O)CC1. The summed E-state index contributed by atoms with van der Waals surface area (Å²) in [5.74, 6) is -1.04. The van der Waals surface area contributed by atoms with Gasteiger partial charge in [0.05, 0.1) is 11.3 Å². The summed E-state index contributed by atoms with van der Waals surface area (Å²) < 4.78 is 0. The molecule has 0 heterocycles. The highest BCUT2D eigenvalue weighted by molar-refractivity contribution is 5.83. The van der Waals surface area contributed by atoms with E-state index in [9.17, 15) is 9.59 Å². The van der Waals surface area contributed by atoms with E-state index in [0.29, 0.717) is 12.8 Å². The minimum atomic E-state index is -0.729. The number of carboxylic acid groups (broad SMARTS) is 1. The fourth-order valence-electron chi connectivity index (χ4n) is 2.14. The molecule has 110 valence electrons. The van der Waals surface area contributed by atoms with E-state index >= 15 is 0 Å². The highest BCUT2D eigenvalue weighted by atomic mass is 16.4. The van der Waals surface area contributed by atoms with Gasteiger partial charge in [0.1, 0.15) is 0 Å². The zero-order chi connectivity index (χ0) is 14.8. The topological polar surface area (TPSA) is 92.4 Å². The lowest BCUT2D eigenvalue weighted by atomic mass is 9.74. The normalized spacial score (nSPS) is 24.9. The molecular formula is C14H26N2O3. The van der Waals surface area contributed by atoms with Crippen LogP contribution in [0.5, 0.6) is 0 Å². The Morgan fingerprint density at radius 3 is 1.95 bits per heavy atom. The van der Waals surface area contributed by atoms with Crippen molar-refractivity contribution in [2.45, 2.75) is 65.0 Å². The van der Waals surface area contributed by atoms with Gasteiger partial charge < -0.3 is 16.2 Å². The summed E-state index contributed by atoms with van der Waals surface area (Å²) in [5, 5.41) is 12.0. The summed E-state index contributed by atoms with van der Waals surface area (Å²) in [4.78, 5) is 23.2. The van der Waals surface area contributed by atoms with E-state index in [4.69, 9.17) is 10.8 Å². The second kappa shape index (κ2) is 5.49. The quantitative estimate of drug-likeness (QED) is 0.722. The molecule has 1 saturated carbocycles. The van der Waals surface area contributed by atoms with E-state index in [2.05, 4.69) is 5.32 Å². The summed E-state index contributed by atoms with van der Waals surface area (Å²) in [5.41, 5.74) is 4.78. The van der Waals surface area contributed by atoms with Crippen molar-refractivity contribution in [3.05, 3.63) is 0 Å². The Morgan fingerprint density at radius 1 is 1.11 bits per heavy atom. The number of carbonyl (C=O) groups excluding carboxylic acids is 1. The number of aliphatic carboxylic acids is 1. The molecular weight excluding hydrogens is 244 g/mol. The highest BCUT2D eigenvalue weighted by Gasteiger charge is 2.41. The molecule has 5 nitrogen and oxygen atoms in total. The molecule has 4 N–H and O–H groups in total. The Hall–Kier alpha value is -1.10. The molecule has 1 aliphatic rings. The van der Waals surface area contributed by atoms with Crippen LogP contribution in [0, 0.1) is 11.3 Å². The lowest BCUT2D eigenvalue weighted by Crippen LogP contribution is -2.57. The Kier molecular flexibility index (Phi) is 4.61. The molecule has 5 heteroatoms. The average Bonchev–Trinajstić information content (AvgIpc) is 2.28. The molecule has 1 rings (SSSR count). The van der Waals surface area contributed by atoms with E-state index in [0.717, 1.165) is 12.8 Å². The van der Waals surface area contributed by atoms with Gasteiger partial charge in [-0.3, -0.25) is 9.59 Å². The molecule has 1 fully saturated rings. The Labute approximate surface area is 114 Å². The molecule has 0 aromatic carbocycles. The average molecular weight is 270 g/mol. The first kappa shape index (κ1) is 16.0. The van der Waals surface area contributed by atoms with Gasteiger partial charge in [-0.15, -0.1) is 0 Å². The third-order valence-electron chi connectivity index (χ3n) is 4.59. The van der Waals surface area contributed by atoms with Crippen LogP contribution in [-0.2, 0) is 9.59 Å². The predicted octanol–water partition coefficient (Wildman–Crippen LogP) is 1.51. The van der Waals surface area contributed by atoms with Gasteiger partial charge in [0, 0.05) is 11.6 Å².